The van der Waals surface area contributed by atoms with Gasteiger partial charge in [-0.15, -0.1) is 0 Å². The SMILES string of the molecule is CC(=O)C1=CC2(NC(=O)c3ccccc3)[C@@H]3C(=O)N(c4ccc(Cl)cc4)C(=O)[C@@H]3C1(C)[C@@H]1C(=O)N(c3ccc(Cl)cc3)C(=O)[C@@H]12. The van der Waals surface area contributed by atoms with Crippen LogP contribution >= 0.6 is 23.2 Å². The van der Waals surface area contributed by atoms with E-state index in [9.17, 15) is 28.8 Å². The number of rotatable bonds is 5. The first-order valence-electron chi connectivity index (χ1n) is 14.3. The average Bonchev–Trinajstić information content (AvgIpc) is 3.46. The lowest BCUT2D eigenvalue weighted by Gasteiger charge is -2.59. The van der Waals surface area contributed by atoms with E-state index in [2.05, 4.69) is 5.32 Å². The van der Waals surface area contributed by atoms with Crippen LogP contribution in [-0.2, 0) is 24.0 Å². The topological polar surface area (TPSA) is 121 Å². The molecule has 3 aromatic carbocycles. The molecule has 2 aliphatic heterocycles. The van der Waals surface area contributed by atoms with Gasteiger partial charge < -0.3 is 5.32 Å². The number of hydrogen-bond acceptors (Lipinski definition) is 6. The maximum atomic E-state index is 14.5. The van der Waals surface area contributed by atoms with Crippen molar-refractivity contribution in [1.29, 1.82) is 0 Å². The molecule has 5 amide bonds. The number of imide groups is 2. The van der Waals surface area contributed by atoms with Crippen LogP contribution in [0.4, 0.5) is 11.4 Å². The molecule has 0 spiro atoms. The van der Waals surface area contributed by atoms with Crippen LogP contribution in [0, 0.1) is 29.1 Å². The number of hydrogen-bond donors (Lipinski definition) is 1. The number of nitrogens with zero attached hydrogens (tertiary/aromatic N) is 2. The van der Waals surface area contributed by atoms with Crippen molar-refractivity contribution in [3.63, 3.8) is 0 Å². The van der Waals surface area contributed by atoms with E-state index in [-0.39, 0.29) is 22.5 Å². The van der Waals surface area contributed by atoms with Crippen molar-refractivity contribution in [1.82, 2.24) is 5.32 Å². The summed E-state index contributed by atoms with van der Waals surface area (Å²) in [5, 5.41) is 3.72. The predicted octanol–water partition coefficient (Wildman–Crippen LogP) is 4.62. The molecule has 3 aliphatic carbocycles. The molecular weight excluding hydrogens is 617 g/mol. The van der Waals surface area contributed by atoms with E-state index < -0.39 is 69.9 Å². The van der Waals surface area contributed by atoms with Crippen molar-refractivity contribution in [2.24, 2.45) is 29.1 Å². The van der Waals surface area contributed by atoms with E-state index in [4.69, 9.17) is 23.2 Å². The number of anilines is 2. The van der Waals surface area contributed by atoms with Gasteiger partial charge >= 0.3 is 0 Å². The van der Waals surface area contributed by atoms with Gasteiger partial charge in [0.25, 0.3) is 5.91 Å². The van der Waals surface area contributed by atoms with E-state index in [0.29, 0.717) is 10.0 Å². The summed E-state index contributed by atoms with van der Waals surface area (Å²) < 4.78 is 0. The van der Waals surface area contributed by atoms with E-state index in [0.717, 1.165) is 9.80 Å². The molecule has 45 heavy (non-hydrogen) atoms. The molecular formula is C34H25Cl2N3O6. The summed E-state index contributed by atoms with van der Waals surface area (Å²) in [6, 6.07) is 20.4. The van der Waals surface area contributed by atoms with E-state index in [1.807, 2.05) is 0 Å². The Bertz CT molecular complexity index is 1780. The minimum atomic E-state index is -1.90. The molecule has 6 atom stereocenters. The summed E-state index contributed by atoms with van der Waals surface area (Å²) in [6.45, 7) is 2.91. The normalized spacial score (nSPS) is 29.9. The van der Waals surface area contributed by atoms with Gasteiger partial charge in [0.1, 0.15) is 0 Å². The van der Waals surface area contributed by atoms with Gasteiger partial charge in [-0.2, -0.15) is 0 Å². The molecule has 8 rings (SSSR count). The van der Waals surface area contributed by atoms with Gasteiger partial charge in [-0.1, -0.05) is 54.4 Å². The van der Waals surface area contributed by atoms with Gasteiger partial charge in [0.05, 0.1) is 40.6 Å². The monoisotopic (exact) mass is 641 g/mol. The quantitative estimate of drug-likeness (QED) is 0.406. The van der Waals surface area contributed by atoms with Crippen LogP contribution < -0.4 is 15.1 Å². The Morgan fingerprint density at radius 3 is 1.51 bits per heavy atom. The molecule has 0 radical (unpaired) electrons. The van der Waals surface area contributed by atoms with Crippen molar-refractivity contribution in [2.75, 3.05) is 9.80 Å². The minimum absolute atomic E-state index is 0.108. The van der Waals surface area contributed by atoms with Crippen LogP contribution in [0.3, 0.4) is 0 Å². The fraction of sp³-hybridized carbons (Fsp3) is 0.235. The summed E-state index contributed by atoms with van der Waals surface area (Å²) in [5.41, 5.74) is -2.63. The Hall–Kier alpha value is -4.60. The molecule has 2 saturated heterocycles. The fourth-order valence-corrected chi connectivity index (χ4v) is 8.28. The fourth-order valence-electron chi connectivity index (χ4n) is 8.03. The number of halogens is 2. The van der Waals surface area contributed by atoms with Crippen LogP contribution in [0.25, 0.3) is 0 Å². The molecule has 1 saturated carbocycles. The second kappa shape index (κ2) is 9.95. The highest BCUT2D eigenvalue weighted by Gasteiger charge is 2.80. The van der Waals surface area contributed by atoms with Crippen molar-refractivity contribution in [3.05, 3.63) is 106 Å². The highest BCUT2D eigenvalue weighted by atomic mass is 35.5. The summed E-state index contributed by atoms with van der Waals surface area (Å²) in [4.78, 5) is 87.3. The number of carbonyl (C=O) groups excluding carboxylic acids is 6. The zero-order valence-electron chi connectivity index (χ0n) is 24.0. The maximum Gasteiger partial charge on any atom is 0.252 e. The largest absolute Gasteiger partial charge is 0.341 e. The number of allylic oxidation sites excluding steroid dienone is 1. The standard InChI is InChI=1S/C34H25Cl2N3O6/c1-17(40)23-16-34(37-28(41)18-6-4-3-5-7-18)26-24(29(42)38(31(26)44)21-12-8-19(35)9-13-21)33(23,2)25-27(34)32(45)39(30(25)43)22-14-10-20(36)11-15-22/h3-16,24-27H,1-2H3,(H,37,41)/t24-,25+,26+,27-,33?,34?. The minimum Gasteiger partial charge on any atom is -0.341 e. The molecule has 5 aliphatic rings. The van der Waals surface area contributed by atoms with E-state index >= 15 is 0 Å². The first-order valence-corrected chi connectivity index (χ1v) is 15.1. The maximum absolute atomic E-state index is 14.5. The zero-order valence-corrected chi connectivity index (χ0v) is 25.5. The molecule has 11 heteroatoms. The number of ketones is 1. The Labute approximate surface area is 267 Å². The van der Waals surface area contributed by atoms with Gasteiger partial charge in [-0.05, 0) is 67.6 Å². The lowest BCUT2D eigenvalue weighted by Crippen LogP contribution is -2.73. The van der Waals surface area contributed by atoms with Crippen LogP contribution in [0.1, 0.15) is 24.2 Å². The Kier molecular flexibility index (Phi) is 6.44. The molecule has 9 nitrogen and oxygen atoms in total. The molecule has 2 unspecified atom stereocenters. The van der Waals surface area contributed by atoms with E-state index in [1.54, 1.807) is 37.3 Å². The lowest BCUT2D eigenvalue weighted by molar-refractivity contribution is -0.152. The van der Waals surface area contributed by atoms with Crippen molar-refractivity contribution < 1.29 is 28.8 Å². The molecule has 1 N–H and O–H groups in total. The first-order chi connectivity index (χ1) is 21.4. The third-order valence-corrected chi connectivity index (χ3v) is 10.3. The van der Waals surface area contributed by atoms with Gasteiger partial charge in [-0.3, -0.25) is 28.8 Å². The summed E-state index contributed by atoms with van der Waals surface area (Å²) in [6.07, 6.45) is 1.46. The van der Waals surface area contributed by atoms with Crippen LogP contribution in [-0.4, -0.2) is 40.9 Å². The Morgan fingerprint density at radius 2 is 1.09 bits per heavy atom. The molecule has 2 bridgehead atoms. The second-order valence-corrected chi connectivity index (χ2v) is 12.9. The second-order valence-electron chi connectivity index (χ2n) is 12.0. The van der Waals surface area contributed by atoms with Crippen molar-refractivity contribution in [3.8, 4) is 0 Å². The lowest BCUT2D eigenvalue weighted by atomic mass is 9.41. The van der Waals surface area contributed by atoms with Crippen molar-refractivity contribution >= 4 is 69.9 Å². The number of nitrogens with one attached hydrogen (secondary N) is 1. The molecule has 3 fully saturated rings. The van der Waals surface area contributed by atoms with Crippen LogP contribution in [0.2, 0.25) is 10.0 Å². The third-order valence-electron chi connectivity index (χ3n) is 9.81. The molecule has 2 heterocycles. The molecule has 226 valence electrons. The van der Waals surface area contributed by atoms with Gasteiger partial charge in [-0.25, -0.2) is 9.80 Å². The highest BCUT2D eigenvalue weighted by molar-refractivity contribution is 6.32. The third kappa shape index (κ3) is 3.87. The molecule has 3 aromatic rings. The van der Waals surface area contributed by atoms with Crippen LogP contribution in [0.5, 0.6) is 0 Å². The van der Waals surface area contributed by atoms with E-state index in [1.165, 1.54) is 61.5 Å². The van der Waals surface area contributed by atoms with Gasteiger partial charge in [0, 0.05) is 26.6 Å². The van der Waals surface area contributed by atoms with Crippen molar-refractivity contribution in [2.45, 2.75) is 19.4 Å². The summed E-state index contributed by atoms with van der Waals surface area (Å²) in [7, 11) is 0. The first kappa shape index (κ1) is 29.1. The van der Waals surface area contributed by atoms with Crippen LogP contribution in [0.15, 0.2) is 90.5 Å². The zero-order chi connectivity index (χ0) is 32.0. The van der Waals surface area contributed by atoms with Gasteiger partial charge in [0.2, 0.25) is 23.6 Å². The number of amides is 5. The van der Waals surface area contributed by atoms with Gasteiger partial charge in [0.15, 0.2) is 5.78 Å². The summed E-state index contributed by atoms with van der Waals surface area (Å²) >= 11 is 12.2. The number of carbonyl (C=O) groups is 6. The molecule has 0 aromatic heterocycles. The average molecular weight is 642 g/mol. The highest BCUT2D eigenvalue weighted by Crippen LogP contribution is 2.68. The summed E-state index contributed by atoms with van der Waals surface area (Å²) in [5.74, 6) is -8.76. The number of benzene rings is 3. The smallest absolute Gasteiger partial charge is 0.252 e. The number of Topliss-reactive ketones (excluding diaryl/α,β-unsaturated/α-hetero) is 1. The Balaban J connectivity index is 1.48. The Morgan fingerprint density at radius 1 is 0.667 bits per heavy atom. The predicted molar refractivity (Wildman–Crippen MR) is 165 cm³/mol.